The molecule has 1 heterocycles. The number of sulfonamides is 1. The maximum absolute atomic E-state index is 14.3. The highest BCUT2D eigenvalue weighted by Crippen LogP contribution is 2.25. The number of amides is 2. The Bertz CT molecular complexity index is 1310. The summed E-state index contributed by atoms with van der Waals surface area (Å²) < 4.78 is 82.1. The number of hydrogen-bond acceptors (Lipinski definition) is 7. The first-order valence-electron chi connectivity index (χ1n) is 11.0. The van der Waals surface area contributed by atoms with Crippen LogP contribution in [0.3, 0.4) is 0 Å². The van der Waals surface area contributed by atoms with Gasteiger partial charge in [0, 0.05) is 26.1 Å². The lowest BCUT2D eigenvalue weighted by atomic mass is 10.1. The van der Waals surface area contributed by atoms with E-state index in [0.717, 1.165) is 14.8 Å². The summed E-state index contributed by atoms with van der Waals surface area (Å²) in [6, 6.07) is 12.1. The summed E-state index contributed by atoms with van der Waals surface area (Å²) in [5.41, 5.74) is 1.30. The third-order valence-electron chi connectivity index (χ3n) is 5.54. The smallest absolute Gasteiger partial charge is 0.273 e. The Kier molecular flexibility index (Phi) is 8.28. The molecule has 0 saturated carbocycles. The van der Waals surface area contributed by atoms with E-state index in [4.69, 9.17) is 0 Å². The summed E-state index contributed by atoms with van der Waals surface area (Å²) >= 11 is 0. The lowest BCUT2D eigenvalue weighted by molar-refractivity contribution is -0.0483. The first-order valence-corrected chi connectivity index (χ1v) is 14.2. The van der Waals surface area contributed by atoms with Gasteiger partial charge in [-0.2, -0.15) is 12.7 Å². The molecule has 36 heavy (non-hydrogen) atoms. The Balaban J connectivity index is 1.74. The van der Waals surface area contributed by atoms with Gasteiger partial charge in [0.15, 0.2) is 0 Å². The lowest BCUT2D eigenvalue weighted by Gasteiger charge is -2.25. The fraction of sp³-hybridized carbons (Fsp3) is 0.391. The Morgan fingerprint density at radius 3 is 2.00 bits per heavy atom. The average molecular weight is 545 g/mol. The lowest BCUT2D eigenvalue weighted by Crippen LogP contribution is -2.39. The molecule has 0 unspecified atom stereocenters. The molecule has 196 valence electrons. The quantitative estimate of drug-likeness (QED) is 0.298. The summed E-state index contributed by atoms with van der Waals surface area (Å²) in [5, 5.41) is 0. The van der Waals surface area contributed by atoms with Crippen LogP contribution < -0.4 is 0 Å². The van der Waals surface area contributed by atoms with Crippen LogP contribution in [0.25, 0.3) is 0 Å². The molecule has 3 rings (SSSR count). The van der Waals surface area contributed by atoms with Gasteiger partial charge < -0.3 is 0 Å². The number of carbonyl (C=O) groups excluding carboxylic acids is 2. The van der Waals surface area contributed by atoms with Crippen LogP contribution in [0.4, 0.5) is 8.78 Å². The van der Waals surface area contributed by atoms with E-state index in [1.807, 2.05) is 0 Å². The van der Waals surface area contributed by atoms with Gasteiger partial charge in [-0.25, -0.2) is 17.2 Å². The SMILES string of the molecule is Cc1ccc(S(=O)(=O)N(CCCN2C(=O)c3ccccc3C2=O)CCC(F)(F)COS(C)(=O)=O)cc1. The number of imide groups is 1. The minimum absolute atomic E-state index is 0.00195. The molecule has 0 bridgehead atoms. The molecular weight excluding hydrogens is 518 g/mol. The zero-order valence-corrected chi connectivity index (χ0v) is 21.3. The first-order chi connectivity index (χ1) is 16.7. The Morgan fingerprint density at radius 2 is 1.47 bits per heavy atom. The second kappa shape index (κ2) is 10.7. The van der Waals surface area contributed by atoms with Crippen molar-refractivity contribution in [2.45, 2.75) is 30.6 Å². The molecule has 0 N–H and O–H groups in total. The van der Waals surface area contributed by atoms with Gasteiger partial charge in [0.25, 0.3) is 27.9 Å². The van der Waals surface area contributed by atoms with Gasteiger partial charge >= 0.3 is 0 Å². The average Bonchev–Trinajstić information content (AvgIpc) is 3.04. The number of alkyl halides is 2. The molecule has 2 aromatic rings. The van der Waals surface area contributed by atoms with Crippen molar-refractivity contribution in [3.05, 3.63) is 65.2 Å². The molecule has 1 aliphatic heterocycles. The van der Waals surface area contributed by atoms with Crippen molar-refractivity contribution in [1.82, 2.24) is 9.21 Å². The monoisotopic (exact) mass is 544 g/mol. The summed E-state index contributed by atoms with van der Waals surface area (Å²) in [4.78, 5) is 26.0. The summed E-state index contributed by atoms with van der Waals surface area (Å²) in [6.45, 7) is -0.664. The van der Waals surface area contributed by atoms with Crippen LogP contribution in [0.2, 0.25) is 0 Å². The minimum atomic E-state index is -4.21. The van der Waals surface area contributed by atoms with Crippen molar-refractivity contribution in [1.29, 1.82) is 0 Å². The van der Waals surface area contributed by atoms with Crippen LogP contribution in [-0.2, 0) is 24.3 Å². The molecule has 0 aliphatic carbocycles. The van der Waals surface area contributed by atoms with Crippen molar-refractivity contribution in [2.75, 3.05) is 32.5 Å². The summed E-state index contributed by atoms with van der Waals surface area (Å²) in [5.74, 6) is -4.63. The third-order valence-corrected chi connectivity index (χ3v) is 8.00. The van der Waals surface area contributed by atoms with E-state index in [9.17, 15) is 35.2 Å². The number of fused-ring (bicyclic) bond motifs is 1. The number of halogens is 2. The normalized spacial score (nSPS) is 14.5. The van der Waals surface area contributed by atoms with E-state index in [1.165, 1.54) is 24.3 Å². The van der Waals surface area contributed by atoms with E-state index in [-0.39, 0.29) is 35.5 Å². The highest BCUT2D eigenvalue weighted by Gasteiger charge is 2.36. The van der Waals surface area contributed by atoms with Gasteiger partial charge in [-0.3, -0.25) is 18.7 Å². The number of benzene rings is 2. The number of hydrogen-bond donors (Lipinski definition) is 0. The Labute approximate surface area is 208 Å². The van der Waals surface area contributed by atoms with Crippen molar-refractivity contribution in [3.8, 4) is 0 Å². The van der Waals surface area contributed by atoms with E-state index in [0.29, 0.717) is 6.26 Å². The predicted octanol–water partition coefficient (Wildman–Crippen LogP) is 2.67. The van der Waals surface area contributed by atoms with Crippen LogP contribution in [0.5, 0.6) is 0 Å². The molecule has 0 atom stereocenters. The molecule has 13 heteroatoms. The molecule has 2 aromatic carbocycles. The number of nitrogens with zero attached hydrogens (tertiary/aromatic N) is 2. The summed E-state index contributed by atoms with van der Waals surface area (Å²) in [7, 11) is -8.32. The number of carbonyl (C=O) groups is 2. The van der Waals surface area contributed by atoms with Crippen LogP contribution in [-0.4, -0.2) is 76.3 Å². The number of rotatable bonds is 12. The zero-order valence-electron chi connectivity index (χ0n) is 19.7. The molecule has 0 fully saturated rings. The van der Waals surface area contributed by atoms with Crippen LogP contribution in [0, 0.1) is 6.92 Å². The molecular formula is C23H26F2N2O7S2. The second-order valence-corrected chi connectivity index (χ2v) is 12.0. The van der Waals surface area contributed by atoms with E-state index in [2.05, 4.69) is 4.18 Å². The third kappa shape index (κ3) is 6.72. The van der Waals surface area contributed by atoms with Crippen molar-refractivity contribution in [2.24, 2.45) is 0 Å². The Hall–Kier alpha value is -2.74. The minimum Gasteiger partial charge on any atom is -0.274 e. The zero-order chi connectivity index (χ0) is 26.7. The highest BCUT2D eigenvalue weighted by molar-refractivity contribution is 7.89. The van der Waals surface area contributed by atoms with Crippen LogP contribution in [0.1, 0.15) is 39.1 Å². The van der Waals surface area contributed by atoms with Crippen molar-refractivity contribution in [3.63, 3.8) is 0 Å². The molecule has 0 saturated heterocycles. The largest absolute Gasteiger partial charge is 0.274 e. The summed E-state index contributed by atoms with van der Waals surface area (Å²) in [6.07, 6.45) is -0.362. The van der Waals surface area contributed by atoms with E-state index in [1.54, 1.807) is 31.2 Å². The van der Waals surface area contributed by atoms with Gasteiger partial charge in [-0.05, 0) is 37.6 Å². The van der Waals surface area contributed by atoms with E-state index < -0.39 is 57.5 Å². The maximum atomic E-state index is 14.3. The van der Waals surface area contributed by atoms with Crippen LogP contribution >= 0.6 is 0 Å². The molecule has 9 nitrogen and oxygen atoms in total. The maximum Gasteiger partial charge on any atom is 0.273 e. The van der Waals surface area contributed by atoms with Gasteiger partial charge in [-0.1, -0.05) is 29.8 Å². The fourth-order valence-electron chi connectivity index (χ4n) is 3.61. The highest BCUT2D eigenvalue weighted by atomic mass is 32.2. The standard InChI is InChI=1S/C23H26F2N2O7S2/c1-17-8-10-18(11-9-17)36(32,33)26(15-12-23(24,25)16-34-35(2,30)31)13-5-14-27-21(28)19-6-3-4-7-20(19)22(27)29/h3-4,6-11H,5,12-16H2,1-2H3. The molecule has 0 spiro atoms. The van der Waals surface area contributed by atoms with Gasteiger partial charge in [0.1, 0.15) is 6.61 Å². The van der Waals surface area contributed by atoms with Crippen LogP contribution in [0.15, 0.2) is 53.4 Å². The number of aryl methyl sites for hydroxylation is 1. The van der Waals surface area contributed by atoms with Gasteiger partial charge in [-0.15, -0.1) is 0 Å². The molecule has 2 amide bonds. The first kappa shape index (κ1) is 27.8. The van der Waals surface area contributed by atoms with Crippen molar-refractivity contribution >= 4 is 32.0 Å². The fourth-order valence-corrected chi connectivity index (χ4v) is 5.48. The molecule has 0 aromatic heterocycles. The van der Waals surface area contributed by atoms with Gasteiger partial charge in [0.2, 0.25) is 10.0 Å². The molecule has 1 aliphatic rings. The second-order valence-electron chi connectivity index (χ2n) is 8.45. The van der Waals surface area contributed by atoms with E-state index >= 15 is 0 Å². The predicted molar refractivity (Wildman–Crippen MR) is 127 cm³/mol. The van der Waals surface area contributed by atoms with Crippen molar-refractivity contribution < 1.29 is 39.4 Å². The topological polar surface area (TPSA) is 118 Å². The van der Waals surface area contributed by atoms with Gasteiger partial charge in [0.05, 0.1) is 22.3 Å². The molecule has 0 radical (unpaired) electrons. The Morgan fingerprint density at radius 1 is 0.917 bits per heavy atom.